The van der Waals surface area contributed by atoms with Gasteiger partial charge in [0.1, 0.15) is 5.82 Å². The van der Waals surface area contributed by atoms with Gasteiger partial charge in [0.2, 0.25) is 5.91 Å². The monoisotopic (exact) mass is 359 g/mol. The van der Waals surface area contributed by atoms with E-state index in [0.717, 1.165) is 0 Å². The predicted molar refractivity (Wildman–Crippen MR) is 103 cm³/mol. The van der Waals surface area contributed by atoms with E-state index in [0.29, 0.717) is 36.3 Å². The summed E-state index contributed by atoms with van der Waals surface area (Å²) in [5.41, 5.74) is 0.438. The van der Waals surface area contributed by atoms with E-state index in [1.807, 2.05) is 45.9 Å². The van der Waals surface area contributed by atoms with Crippen molar-refractivity contribution in [3.8, 4) is 0 Å². The van der Waals surface area contributed by atoms with Gasteiger partial charge in [0.05, 0.1) is 30.1 Å². The second kappa shape index (κ2) is 7.99. The molecule has 0 fully saturated rings. The number of rotatable bonds is 6. The van der Waals surface area contributed by atoms with Crippen LogP contribution in [0.4, 0.5) is 0 Å². The third-order valence-electron chi connectivity index (χ3n) is 4.44. The summed E-state index contributed by atoms with van der Waals surface area (Å²) in [4.78, 5) is 32.0. The zero-order valence-electron chi connectivity index (χ0n) is 16.6. The van der Waals surface area contributed by atoms with Gasteiger partial charge in [-0.2, -0.15) is 0 Å². The molecule has 1 aromatic carbocycles. The van der Waals surface area contributed by atoms with Gasteiger partial charge in [0.25, 0.3) is 5.56 Å². The quantitative estimate of drug-likeness (QED) is 0.795. The number of hydrogen-bond acceptors (Lipinski definition) is 4. The molecule has 0 bridgehead atoms. The van der Waals surface area contributed by atoms with E-state index >= 15 is 0 Å². The molecule has 1 atom stereocenters. The smallest absolute Gasteiger partial charge is 0.261 e. The Bertz CT molecular complexity index is 836. The highest BCUT2D eigenvalue weighted by molar-refractivity contribution is 5.78. The lowest BCUT2D eigenvalue weighted by Crippen LogP contribution is -2.37. The van der Waals surface area contributed by atoms with Crippen LogP contribution in [0.5, 0.6) is 0 Å². The fourth-order valence-electron chi connectivity index (χ4n) is 2.87. The zero-order chi connectivity index (χ0) is 19.5. The molecule has 0 aliphatic heterocycles. The largest absolute Gasteiger partial charge is 0.383 e. The Morgan fingerprint density at radius 2 is 1.96 bits per heavy atom. The van der Waals surface area contributed by atoms with Crippen molar-refractivity contribution in [3.63, 3.8) is 0 Å². The van der Waals surface area contributed by atoms with Gasteiger partial charge in [-0.15, -0.1) is 0 Å². The normalized spacial score (nSPS) is 13.0. The molecule has 142 valence electrons. The van der Waals surface area contributed by atoms with Crippen LogP contribution in [0, 0.1) is 5.41 Å². The first kappa shape index (κ1) is 20.1. The van der Waals surface area contributed by atoms with Crippen molar-refractivity contribution in [1.29, 1.82) is 0 Å². The summed E-state index contributed by atoms with van der Waals surface area (Å²) in [6.45, 7) is 8.80. The lowest BCUT2D eigenvalue weighted by atomic mass is 9.91. The molecule has 1 unspecified atom stereocenters. The standard InChI is InChI=1S/C20H29N3O3/c1-14(22(5)17(24)13-20(2,3)4)18-21-16-10-8-7-9-15(16)19(25)23(18)11-12-26-6/h7-10,14H,11-13H2,1-6H3. The molecule has 0 radical (unpaired) electrons. The van der Waals surface area contributed by atoms with Gasteiger partial charge in [-0.05, 0) is 24.5 Å². The van der Waals surface area contributed by atoms with Gasteiger partial charge in [-0.25, -0.2) is 4.98 Å². The molecule has 0 aliphatic carbocycles. The first-order chi connectivity index (χ1) is 12.2. The number of para-hydroxylation sites is 1. The van der Waals surface area contributed by atoms with Crippen LogP contribution in [0.1, 0.15) is 46.0 Å². The van der Waals surface area contributed by atoms with E-state index in [4.69, 9.17) is 9.72 Å². The van der Waals surface area contributed by atoms with Crippen LogP contribution in [0.15, 0.2) is 29.1 Å². The van der Waals surface area contributed by atoms with Crippen LogP contribution in [-0.4, -0.2) is 41.1 Å². The topological polar surface area (TPSA) is 64.4 Å². The number of amides is 1. The molecule has 1 amide bonds. The van der Waals surface area contributed by atoms with Crippen molar-refractivity contribution in [3.05, 3.63) is 40.4 Å². The molecular formula is C20H29N3O3. The Labute approximate surface area is 154 Å². The van der Waals surface area contributed by atoms with Crippen LogP contribution >= 0.6 is 0 Å². The minimum Gasteiger partial charge on any atom is -0.383 e. The molecule has 1 heterocycles. The van der Waals surface area contributed by atoms with Gasteiger partial charge in [-0.1, -0.05) is 32.9 Å². The van der Waals surface area contributed by atoms with Crippen molar-refractivity contribution in [1.82, 2.24) is 14.5 Å². The van der Waals surface area contributed by atoms with E-state index in [9.17, 15) is 9.59 Å². The maximum Gasteiger partial charge on any atom is 0.261 e. The molecule has 0 saturated carbocycles. The van der Waals surface area contributed by atoms with Crippen molar-refractivity contribution >= 4 is 16.8 Å². The summed E-state index contributed by atoms with van der Waals surface area (Å²) in [6, 6.07) is 6.96. The molecule has 0 spiro atoms. The number of carbonyl (C=O) groups is 1. The van der Waals surface area contributed by atoms with Crippen LogP contribution in [0.3, 0.4) is 0 Å². The third-order valence-corrected chi connectivity index (χ3v) is 4.44. The molecular weight excluding hydrogens is 330 g/mol. The fraction of sp³-hybridized carbons (Fsp3) is 0.550. The summed E-state index contributed by atoms with van der Waals surface area (Å²) < 4.78 is 6.78. The number of benzene rings is 1. The van der Waals surface area contributed by atoms with Crippen molar-refractivity contribution in [2.24, 2.45) is 5.41 Å². The molecule has 6 heteroatoms. The van der Waals surface area contributed by atoms with Crippen molar-refractivity contribution in [2.45, 2.75) is 46.7 Å². The van der Waals surface area contributed by atoms with Gasteiger partial charge in [-0.3, -0.25) is 14.2 Å². The molecule has 26 heavy (non-hydrogen) atoms. The Balaban J connectivity index is 2.48. The fourth-order valence-corrected chi connectivity index (χ4v) is 2.87. The Kier molecular flexibility index (Phi) is 6.18. The van der Waals surface area contributed by atoms with Crippen LogP contribution < -0.4 is 5.56 Å². The summed E-state index contributed by atoms with van der Waals surface area (Å²) in [5.74, 6) is 0.612. The molecule has 0 saturated heterocycles. The molecule has 1 aromatic heterocycles. The number of methoxy groups -OCH3 is 1. The molecule has 2 rings (SSSR count). The van der Waals surface area contributed by atoms with Crippen LogP contribution in [0.2, 0.25) is 0 Å². The van der Waals surface area contributed by atoms with E-state index < -0.39 is 0 Å². The molecule has 0 N–H and O–H groups in total. The molecule has 6 nitrogen and oxygen atoms in total. The van der Waals surface area contributed by atoms with Gasteiger partial charge in [0, 0.05) is 20.6 Å². The van der Waals surface area contributed by atoms with E-state index in [1.165, 1.54) is 0 Å². The number of fused-ring (bicyclic) bond motifs is 1. The first-order valence-corrected chi connectivity index (χ1v) is 8.90. The van der Waals surface area contributed by atoms with E-state index in [2.05, 4.69) is 0 Å². The SMILES string of the molecule is COCCn1c(C(C)N(C)C(=O)CC(C)(C)C)nc2ccccc2c1=O. The molecule has 2 aromatic rings. The summed E-state index contributed by atoms with van der Waals surface area (Å²) in [7, 11) is 3.36. The highest BCUT2D eigenvalue weighted by Gasteiger charge is 2.26. The number of ether oxygens (including phenoxy) is 1. The van der Waals surface area contributed by atoms with Gasteiger partial charge >= 0.3 is 0 Å². The van der Waals surface area contributed by atoms with Crippen LogP contribution in [0.25, 0.3) is 10.9 Å². The average Bonchev–Trinajstić information content (AvgIpc) is 2.58. The van der Waals surface area contributed by atoms with Crippen molar-refractivity contribution < 1.29 is 9.53 Å². The van der Waals surface area contributed by atoms with Crippen molar-refractivity contribution in [2.75, 3.05) is 20.8 Å². The maximum absolute atomic E-state index is 12.9. The van der Waals surface area contributed by atoms with Crippen LogP contribution in [-0.2, 0) is 16.1 Å². The Hall–Kier alpha value is -2.21. The number of hydrogen-bond donors (Lipinski definition) is 0. The molecule has 0 aliphatic rings. The van der Waals surface area contributed by atoms with E-state index in [-0.39, 0.29) is 22.9 Å². The third kappa shape index (κ3) is 4.49. The lowest BCUT2D eigenvalue weighted by Gasteiger charge is -2.29. The van der Waals surface area contributed by atoms with E-state index in [1.54, 1.807) is 29.7 Å². The summed E-state index contributed by atoms with van der Waals surface area (Å²) in [6.07, 6.45) is 0.434. The number of aromatic nitrogens is 2. The Morgan fingerprint density at radius 3 is 2.58 bits per heavy atom. The van der Waals surface area contributed by atoms with Gasteiger partial charge < -0.3 is 9.64 Å². The second-order valence-corrected chi connectivity index (χ2v) is 7.85. The number of carbonyl (C=O) groups excluding carboxylic acids is 1. The number of nitrogens with zero attached hydrogens (tertiary/aromatic N) is 3. The minimum atomic E-state index is -0.320. The summed E-state index contributed by atoms with van der Waals surface area (Å²) >= 11 is 0. The predicted octanol–water partition coefficient (Wildman–Crippen LogP) is 3.00. The highest BCUT2D eigenvalue weighted by Crippen LogP contribution is 2.24. The first-order valence-electron chi connectivity index (χ1n) is 8.90. The minimum absolute atomic E-state index is 0.0331. The average molecular weight is 359 g/mol. The van der Waals surface area contributed by atoms with Gasteiger partial charge in [0.15, 0.2) is 0 Å². The Morgan fingerprint density at radius 1 is 1.31 bits per heavy atom. The lowest BCUT2D eigenvalue weighted by molar-refractivity contribution is -0.133. The zero-order valence-corrected chi connectivity index (χ0v) is 16.6. The maximum atomic E-state index is 12.9. The second-order valence-electron chi connectivity index (χ2n) is 7.85. The highest BCUT2D eigenvalue weighted by atomic mass is 16.5. The summed E-state index contributed by atoms with van der Waals surface area (Å²) in [5, 5.41) is 0.572.